The van der Waals surface area contributed by atoms with E-state index in [-0.39, 0.29) is 5.91 Å². The number of para-hydroxylation sites is 1. The Bertz CT molecular complexity index is 1270. The Labute approximate surface area is 210 Å². The second kappa shape index (κ2) is 10.9. The van der Waals surface area contributed by atoms with Gasteiger partial charge in [0.2, 0.25) is 0 Å². The van der Waals surface area contributed by atoms with Gasteiger partial charge in [-0.2, -0.15) is 0 Å². The average Bonchev–Trinajstić information content (AvgIpc) is 3.27. The number of carbonyl (C=O) groups excluding carboxylic acids is 1. The first-order chi connectivity index (χ1) is 16.4. The van der Waals surface area contributed by atoms with Crippen molar-refractivity contribution < 1.29 is 4.79 Å². The van der Waals surface area contributed by atoms with Gasteiger partial charge in [0.05, 0.1) is 11.4 Å². The fraction of sp³-hybridized carbons (Fsp3) is 0.207. The first-order valence-corrected chi connectivity index (χ1v) is 12.3. The van der Waals surface area contributed by atoms with Crippen LogP contribution in [0.5, 0.6) is 0 Å². The molecule has 0 spiro atoms. The fourth-order valence-electron chi connectivity index (χ4n) is 4.10. The Morgan fingerprint density at radius 2 is 1.59 bits per heavy atom. The van der Waals surface area contributed by atoms with Crippen molar-refractivity contribution in [2.75, 3.05) is 27.2 Å². The van der Waals surface area contributed by atoms with Crippen LogP contribution in [-0.2, 0) is 0 Å². The molecule has 0 atom stereocenters. The van der Waals surface area contributed by atoms with Crippen LogP contribution < -0.4 is 5.32 Å². The van der Waals surface area contributed by atoms with Gasteiger partial charge < -0.3 is 14.8 Å². The van der Waals surface area contributed by atoms with Crippen LogP contribution in [0.25, 0.3) is 28.2 Å². The van der Waals surface area contributed by atoms with E-state index in [0.717, 1.165) is 45.6 Å². The van der Waals surface area contributed by atoms with Crippen LogP contribution in [0, 0.1) is 6.92 Å². The molecule has 1 heterocycles. The van der Waals surface area contributed by atoms with E-state index < -0.39 is 0 Å². The topological polar surface area (TPSA) is 37.3 Å². The van der Waals surface area contributed by atoms with Gasteiger partial charge in [-0.05, 0) is 93.1 Å². The third kappa shape index (κ3) is 5.49. The number of amides is 1. The Morgan fingerprint density at radius 3 is 2.29 bits per heavy atom. The van der Waals surface area contributed by atoms with E-state index in [1.54, 1.807) is 0 Å². The van der Waals surface area contributed by atoms with Crippen molar-refractivity contribution in [3.05, 3.63) is 101 Å². The van der Waals surface area contributed by atoms with Gasteiger partial charge in [-0.3, -0.25) is 4.79 Å². The number of rotatable bonds is 8. The lowest BCUT2D eigenvalue weighted by Gasteiger charge is -2.17. The normalized spacial score (nSPS) is 11.1. The Kier molecular flexibility index (Phi) is 7.66. The van der Waals surface area contributed by atoms with Crippen molar-refractivity contribution in [2.45, 2.75) is 13.3 Å². The summed E-state index contributed by atoms with van der Waals surface area (Å²) in [5, 5.41) is 3.05. The molecule has 0 radical (unpaired) electrons. The van der Waals surface area contributed by atoms with E-state index in [1.165, 1.54) is 5.56 Å². The number of nitrogens with zero attached hydrogens (tertiary/aromatic N) is 2. The molecule has 34 heavy (non-hydrogen) atoms. The van der Waals surface area contributed by atoms with Crippen molar-refractivity contribution in [2.24, 2.45) is 0 Å². The highest BCUT2D eigenvalue weighted by Gasteiger charge is 2.16. The molecular weight excluding hydrogens is 486 g/mol. The molecule has 0 saturated heterocycles. The minimum atomic E-state index is -0.0391. The van der Waals surface area contributed by atoms with Gasteiger partial charge in [0.25, 0.3) is 5.91 Å². The zero-order valence-electron chi connectivity index (χ0n) is 19.9. The van der Waals surface area contributed by atoms with Gasteiger partial charge in [0.1, 0.15) is 0 Å². The summed E-state index contributed by atoms with van der Waals surface area (Å²) in [4.78, 5) is 14.9. The molecule has 1 amide bonds. The third-order valence-corrected chi connectivity index (χ3v) is 6.39. The Balaban J connectivity index is 1.72. The van der Waals surface area contributed by atoms with Gasteiger partial charge in [-0.15, -0.1) is 0 Å². The highest BCUT2D eigenvalue weighted by atomic mass is 79.9. The molecule has 0 aliphatic heterocycles. The lowest BCUT2D eigenvalue weighted by Crippen LogP contribution is -2.27. The molecule has 0 fully saturated rings. The van der Waals surface area contributed by atoms with E-state index in [1.807, 2.05) is 32.3 Å². The molecule has 1 N–H and O–H groups in total. The van der Waals surface area contributed by atoms with Gasteiger partial charge in [0, 0.05) is 22.3 Å². The molecule has 4 aromatic rings. The number of aryl methyl sites for hydroxylation is 1. The smallest absolute Gasteiger partial charge is 0.251 e. The zero-order valence-corrected chi connectivity index (χ0v) is 21.5. The minimum absolute atomic E-state index is 0.0391. The SMILES string of the molecule is Cc1ccccc1-n1c(-c2ccc(Br)cc2)ccc1-c1cccc(C(=O)NCCCN(C)C)c1. The first-order valence-electron chi connectivity index (χ1n) is 11.5. The molecule has 174 valence electrons. The monoisotopic (exact) mass is 515 g/mol. The first kappa shape index (κ1) is 24.0. The quantitative estimate of drug-likeness (QED) is 0.269. The molecule has 3 aromatic carbocycles. The summed E-state index contributed by atoms with van der Waals surface area (Å²) < 4.78 is 3.34. The van der Waals surface area contributed by atoms with Crippen LogP contribution in [0.3, 0.4) is 0 Å². The molecule has 0 bridgehead atoms. The van der Waals surface area contributed by atoms with E-state index in [2.05, 4.69) is 104 Å². The van der Waals surface area contributed by atoms with Crippen LogP contribution in [0.2, 0.25) is 0 Å². The van der Waals surface area contributed by atoms with Crippen LogP contribution in [0.1, 0.15) is 22.3 Å². The predicted octanol–water partition coefficient (Wildman–Crippen LogP) is 6.56. The summed E-state index contributed by atoms with van der Waals surface area (Å²) in [7, 11) is 4.08. The van der Waals surface area contributed by atoms with Crippen molar-refractivity contribution >= 4 is 21.8 Å². The van der Waals surface area contributed by atoms with Crippen molar-refractivity contribution in [3.63, 3.8) is 0 Å². The third-order valence-electron chi connectivity index (χ3n) is 5.87. The van der Waals surface area contributed by atoms with E-state index in [0.29, 0.717) is 12.1 Å². The van der Waals surface area contributed by atoms with Gasteiger partial charge >= 0.3 is 0 Å². The van der Waals surface area contributed by atoms with Crippen molar-refractivity contribution in [3.8, 4) is 28.2 Å². The van der Waals surface area contributed by atoms with Crippen LogP contribution in [0.4, 0.5) is 0 Å². The van der Waals surface area contributed by atoms with Crippen molar-refractivity contribution in [1.29, 1.82) is 0 Å². The van der Waals surface area contributed by atoms with Gasteiger partial charge in [-0.1, -0.05) is 58.4 Å². The van der Waals surface area contributed by atoms with E-state index in [4.69, 9.17) is 0 Å². The number of nitrogens with one attached hydrogen (secondary N) is 1. The molecule has 4 rings (SSSR count). The maximum Gasteiger partial charge on any atom is 0.251 e. The lowest BCUT2D eigenvalue weighted by molar-refractivity contribution is 0.0952. The number of halogens is 1. The lowest BCUT2D eigenvalue weighted by atomic mass is 10.1. The summed E-state index contributed by atoms with van der Waals surface area (Å²) in [6.07, 6.45) is 0.922. The highest BCUT2D eigenvalue weighted by molar-refractivity contribution is 9.10. The summed E-state index contributed by atoms with van der Waals surface area (Å²) in [5.74, 6) is -0.0391. The fourth-order valence-corrected chi connectivity index (χ4v) is 4.37. The summed E-state index contributed by atoms with van der Waals surface area (Å²) >= 11 is 3.54. The molecule has 0 unspecified atom stereocenters. The van der Waals surface area contributed by atoms with E-state index in [9.17, 15) is 4.79 Å². The number of hydrogen-bond donors (Lipinski definition) is 1. The second-order valence-corrected chi connectivity index (χ2v) is 9.64. The number of hydrogen-bond acceptors (Lipinski definition) is 2. The number of carbonyl (C=O) groups is 1. The maximum atomic E-state index is 12.8. The number of benzene rings is 3. The molecule has 0 aliphatic carbocycles. The number of aromatic nitrogens is 1. The average molecular weight is 516 g/mol. The van der Waals surface area contributed by atoms with Gasteiger partial charge in [0.15, 0.2) is 0 Å². The second-order valence-electron chi connectivity index (χ2n) is 8.73. The predicted molar refractivity (Wildman–Crippen MR) is 145 cm³/mol. The summed E-state index contributed by atoms with van der Waals surface area (Å²) in [6.45, 7) is 3.74. The van der Waals surface area contributed by atoms with Gasteiger partial charge in [-0.25, -0.2) is 0 Å². The van der Waals surface area contributed by atoms with E-state index >= 15 is 0 Å². The Hall–Kier alpha value is -3.15. The molecule has 5 heteroatoms. The standard InChI is InChI=1S/C29H30BrN3O/c1-21-8-4-5-11-26(21)33-27(22-12-14-25(30)15-13-22)16-17-28(33)23-9-6-10-24(20-23)29(34)31-18-7-19-32(2)3/h4-6,8-17,20H,7,18-19H2,1-3H3,(H,31,34). The highest BCUT2D eigenvalue weighted by Crippen LogP contribution is 2.34. The summed E-state index contributed by atoms with van der Waals surface area (Å²) in [5.41, 5.74) is 7.28. The van der Waals surface area contributed by atoms with Crippen LogP contribution in [-0.4, -0.2) is 42.6 Å². The largest absolute Gasteiger partial charge is 0.352 e. The van der Waals surface area contributed by atoms with Crippen LogP contribution >= 0.6 is 15.9 Å². The molecule has 0 aliphatic rings. The van der Waals surface area contributed by atoms with Crippen LogP contribution in [0.15, 0.2) is 89.4 Å². The molecule has 4 nitrogen and oxygen atoms in total. The maximum absolute atomic E-state index is 12.8. The Morgan fingerprint density at radius 1 is 0.882 bits per heavy atom. The molecular formula is C29H30BrN3O. The minimum Gasteiger partial charge on any atom is -0.352 e. The zero-order chi connectivity index (χ0) is 24.1. The summed E-state index contributed by atoms with van der Waals surface area (Å²) in [6, 6.07) is 28.9. The van der Waals surface area contributed by atoms with Crippen molar-refractivity contribution in [1.82, 2.24) is 14.8 Å². The molecule has 1 aromatic heterocycles. The molecule has 0 saturated carbocycles.